The summed E-state index contributed by atoms with van der Waals surface area (Å²) in [7, 11) is 1.33. The minimum absolute atomic E-state index is 0.0535. The van der Waals surface area contributed by atoms with Crippen LogP contribution in [0.5, 0.6) is 0 Å². The molecule has 102 valence electrons. The van der Waals surface area contributed by atoms with Crippen molar-refractivity contribution in [2.75, 3.05) is 12.8 Å². The molecule has 20 heavy (non-hydrogen) atoms. The summed E-state index contributed by atoms with van der Waals surface area (Å²) in [5.41, 5.74) is 8.87. The fourth-order valence-corrected chi connectivity index (χ4v) is 2.29. The van der Waals surface area contributed by atoms with Crippen LogP contribution in [0, 0.1) is 6.92 Å². The number of nitrogen functional groups attached to an aromatic ring is 1. The van der Waals surface area contributed by atoms with Crippen molar-refractivity contribution in [3.8, 4) is 11.3 Å². The van der Waals surface area contributed by atoms with Crippen LogP contribution in [0.15, 0.2) is 28.9 Å². The van der Waals surface area contributed by atoms with Gasteiger partial charge in [-0.2, -0.15) is 4.98 Å². The van der Waals surface area contributed by atoms with E-state index in [0.29, 0.717) is 17.0 Å². The van der Waals surface area contributed by atoms with E-state index >= 15 is 0 Å². The maximum absolute atomic E-state index is 12.0. The minimum atomic E-state index is -0.461. The van der Waals surface area contributed by atoms with Gasteiger partial charge in [0.15, 0.2) is 0 Å². The maximum atomic E-state index is 12.0. The molecular weight excluding hydrogens is 258 g/mol. The number of benzene rings is 1. The van der Waals surface area contributed by atoms with Gasteiger partial charge in [0.2, 0.25) is 0 Å². The molecule has 0 radical (unpaired) electrons. The van der Waals surface area contributed by atoms with E-state index in [1.165, 1.54) is 13.4 Å². The van der Waals surface area contributed by atoms with Crippen molar-refractivity contribution in [3.05, 3.63) is 35.7 Å². The highest BCUT2D eigenvalue weighted by Gasteiger charge is 2.22. The predicted octanol–water partition coefficient (Wildman–Crippen LogP) is 2.50. The number of carbonyl (C=O) groups is 1. The zero-order chi connectivity index (χ0) is 14.3. The van der Waals surface area contributed by atoms with E-state index in [0.717, 1.165) is 16.5 Å². The molecule has 6 heteroatoms. The number of para-hydroxylation sites is 1. The van der Waals surface area contributed by atoms with Crippen LogP contribution in [0.3, 0.4) is 0 Å². The molecule has 0 atom stereocenters. The van der Waals surface area contributed by atoms with Crippen molar-refractivity contribution >= 4 is 22.9 Å². The van der Waals surface area contributed by atoms with Crippen molar-refractivity contribution < 1.29 is 13.9 Å². The number of rotatable bonds is 2. The number of aryl methyl sites for hydroxylation is 1. The second-order valence-electron chi connectivity index (χ2n) is 4.44. The van der Waals surface area contributed by atoms with E-state index in [2.05, 4.69) is 9.97 Å². The van der Waals surface area contributed by atoms with Crippen LogP contribution in [0.4, 0.5) is 6.01 Å². The van der Waals surface area contributed by atoms with Gasteiger partial charge in [-0.1, -0.05) is 18.2 Å². The Morgan fingerprint density at radius 1 is 1.45 bits per heavy atom. The Morgan fingerprint density at radius 3 is 2.90 bits per heavy atom. The number of anilines is 1. The molecule has 0 unspecified atom stereocenters. The standard InChI is InChI=1S/C14H13N3O3/c1-7-4-3-5-8-10(9-6-20-14(15)16-9)12(13(18)19-2)17-11(7)8/h3-6,17H,1-2H3,(H2,15,16). The van der Waals surface area contributed by atoms with Crippen LogP contribution in [0.25, 0.3) is 22.2 Å². The zero-order valence-electron chi connectivity index (χ0n) is 11.1. The molecule has 0 aliphatic rings. The number of nitrogens with zero attached hydrogens (tertiary/aromatic N) is 1. The number of aromatic amines is 1. The van der Waals surface area contributed by atoms with Crippen molar-refractivity contribution in [2.24, 2.45) is 0 Å². The van der Waals surface area contributed by atoms with E-state index in [1.807, 2.05) is 25.1 Å². The fourth-order valence-electron chi connectivity index (χ4n) is 2.29. The van der Waals surface area contributed by atoms with Crippen LogP contribution >= 0.6 is 0 Å². The Balaban J connectivity index is 2.37. The number of aromatic nitrogens is 2. The number of esters is 1. The summed E-state index contributed by atoms with van der Waals surface area (Å²) in [6.45, 7) is 1.96. The Bertz CT molecular complexity index is 801. The normalized spacial score (nSPS) is 10.9. The van der Waals surface area contributed by atoms with Crippen molar-refractivity contribution in [1.29, 1.82) is 0 Å². The van der Waals surface area contributed by atoms with Crippen LogP contribution < -0.4 is 5.73 Å². The van der Waals surface area contributed by atoms with E-state index in [9.17, 15) is 4.79 Å². The lowest BCUT2D eigenvalue weighted by atomic mass is 10.1. The molecule has 2 aromatic heterocycles. The number of fused-ring (bicyclic) bond motifs is 1. The first kappa shape index (κ1) is 12.3. The summed E-state index contributed by atoms with van der Waals surface area (Å²) in [5, 5.41) is 0.874. The second kappa shape index (κ2) is 4.41. The Labute approximate surface area is 114 Å². The molecule has 3 aromatic rings. The van der Waals surface area contributed by atoms with Crippen LogP contribution in [0.1, 0.15) is 16.1 Å². The largest absolute Gasteiger partial charge is 0.464 e. The lowest BCUT2D eigenvalue weighted by Crippen LogP contribution is -2.03. The molecule has 6 nitrogen and oxygen atoms in total. The van der Waals surface area contributed by atoms with Gasteiger partial charge in [-0.25, -0.2) is 4.79 Å². The third kappa shape index (κ3) is 1.73. The number of hydrogen-bond donors (Lipinski definition) is 2. The summed E-state index contributed by atoms with van der Waals surface area (Å²) in [4.78, 5) is 19.1. The quantitative estimate of drug-likeness (QED) is 0.698. The molecule has 0 saturated carbocycles. The third-order valence-electron chi connectivity index (χ3n) is 3.21. The molecule has 3 rings (SSSR count). The SMILES string of the molecule is COC(=O)c1[nH]c2c(C)cccc2c1-c1coc(N)n1. The number of hydrogen-bond acceptors (Lipinski definition) is 5. The number of carbonyl (C=O) groups excluding carboxylic acids is 1. The first-order valence-corrected chi connectivity index (χ1v) is 6.02. The van der Waals surface area contributed by atoms with Gasteiger partial charge in [0, 0.05) is 16.5 Å². The molecule has 0 fully saturated rings. The van der Waals surface area contributed by atoms with Crippen molar-refractivity contribution in [1.82, 2.24) is 9.97 Å². The first-order valence-electron chi connectivity index (χ1n) is 6.02. The van der Waals surface area contributed by atoms with Crippen LogP contribution in [0.2, 0.25) is 0 Å². The van der Waals surface area contributed by atoms with Gasteiger partial charge in [0.25, 0.3) is 6.01 Å². The lowest BCUT2D eigenvalue weighted by Gasteiger charge is -1.99. The van der Waals surface area contributed by atoms with Crippen molar-refractivity contribution in [3.63, 3.8) is 0 Å². The van der Waals surface area contributed by atoms with Crippen LogP contribution in [-0.4, -0.2) is 23.0 Å². The Morgan fingerprint density at radius 2 is 2.25 bits per heavy atom. The smallest absolute Gasteiger partial charge is 0.355 e. The van der Waals surface area contributed by atoms with Gasteiger partial charge in [-0.3, -0.25) is 0 Å². The van der Waals surface area contributed by atoms with Gasteiger partial charge in [-0.15, -0.1) is 0 Å². The summed E-state index contributed by atoms with van der Waals surface area (Å²) >= 11 is 0. The topological polar surface area (TPSA) is 94.1 Å². The number of nitrogens with two attached hydrogens (primary N) is 1. The van der Waals surface area contributed by atoms with E-state index in [1.54, 1.807) is 0 Å². The highest BCUT2D eigenvalue weighted by molar-refractivity contribution is 6.08. The van der Waals surface area contributed by atoms with E-state index in [4.69, 9.17) is 14.9 Å². The average molecular weight is 271 g/mol. The Kier molecular flexibility index (Phi) is 2.71. The molecular formula is C14H13N3O3. The first-order chi connectivity index (χ1) is 9.61. The Hall–Kier alpha value is -2.76. The molecule has 0 saturated heterocycles. The van der Waals surface area contributed by atoms with E-state index in [-0.39, 0.29) is 6.01 Å². The number of oxazole rings is 1. The third-order valence-corrected chi connectivity index (χ3v) is 3.21. The van der Waals surface area contributed by atoms with Gasteiger partial charge >= 0.3 is 5.97 Å². The van der Waals surface area contributed by atoms with Gasteiger partial charge < -0.3 is 19.9 Å². The zero-order valence-corrected chi connectivity index (χ0v) is 11.1. The van der Waals surface area contributed by atoms with Crippen LogP contribution in [-0.2, 0) is 4.74 Å². The molecule has 1 aromatic carbocycles. The summed E-state index contributed by atoms with van der Waals surface area (Å²) in [6, 6.07) is 5.84. The van der Waals surface area contributed by atoms with Crippen molar-refractivity contribution in [2.45, 2.75) is 6.92 Å². The highest BCUT2D eigenvalue weighted by Crippen LogP contribution is 2.34. The number of ether oxygens (including phenoxy) is 1. The molecule has 3 N–H and O–H groups in total. The summed E-state index contributed by atoms with van der Waals surface area (Å²) in [6.07, 6.45) is 1.42. The van der Waals surface area contributed by atoms with Gasteiger partial charge in [-0.05, 0) is 12.5 Å². The highest BCUT2D eigenvalue weighted by atomic mass is 16.5. The molecule has 2 heterocycles. The predicted molar refractivity (Wildman–Crippen MR) is 74.3 cm³/mol. The molecule has 0 spiro atoms. The van der Waals surface area contributed by atoms with Gasteiger partial charge in [0.1, 0.15) is 17.7 Å². The number of methoxy groups -OCH3 is 1. The average Bonchev–Trinajstić information content (AvgIpc) is 3.02. The second-order valence-corrected chi connectivity index (χ2v) is 4.44. The summed E-state index contributed by atoms with van der Waals surface area (Å²) in [5.74, 6) is -0.461. The molecule has 0 aliphatic carbocycles. The summed E-state index contributed by atoms with van der Waals surface area (Å²) < 4.78 is 9.85. The fraction of sp³-hybridized carbons (Fsp3) is 0.143. The minimum Gasteiger partial charge on any atom is -0.464 e. The van der Waals surface area contributed by atoms with Gasteiger partial charge in [0.05, 0.1) is 7.11 Å². The molecule has 0 bridgehead atoms. The maximum Gasteiger partial charge on any atom is 0.355 e. The monoisotopic (exact) mass is 271 g/mol. The lowest BCUT2D eigenvalue weighted by molar-refractivity contribution is 0.0596. The van der Waals surface area contributed by atoms with E-state index < -0.39 is 5.97 Å². The molecule has 0 amide bonds. The molecule has 0 aliphatic heterocycles. The number of nitrogens with one attached hydrogen (secondary N) is 1. The number of H-pyrrole nitrogens is 1.